The number of nitrogens with one attached hydrogen (secondary N) is 1. The summed E-state index contributed by atoms with van der Waals surface area (Å²) in [5.41, 5.74) is 9.16. The number of carbonyl (C=O) groups excluding carboxylic acids is 1. The molecule has 2 aromatic rings. The summed E-state index contributed by atoms with van der Waals surface area (Å²) in [6.07, 6.45) is 3.04. The number of hydrogen-bond donors (Lipinski definition) is 2. The lowest BCUT2D eigenvalue weighted by Gasteiger charge is -2.27. The van der Waals surface area contributed by atoms with Crippen molar-refractivity contribution in [2.75, 3.05) is 11.1 Å². The lowest BCUT2D eigenvalue weighted by Crippen LogP contribution is -2.19. The van der Waals surface area contributed by atoms with Crippen molar-refractivity contribution in [1.82, 2.24) is 9.97 Å². The Bertz CT molecular complexity index is 1020. The molecule has 0 unspecified atom stereocenters. The number of anilines is 2. The number of nitrogens with zero attached hydrogens (tertiary/aromatic N) is 2. The van der Waals surface area contributed by atoms with Gasteiger partial charge in [-0.3, -0.25) is 9.78 Å². The highest BCUT2D eigenvalue weighted by atomic mass is 19.4. The van der Waals surface area contributed by atoms with Gasteiger partial charge in [-0.25, -0.2) is 4.98 Å². The fourth-order valence-corrected chi connectivity index (χ4v) is 4.45. The topological polar surface area (TPSA) is 80.9 Å². The van der Waals surface area contributed by atoms with Crippen LogP contribution in [0, 0.1) is 0 Å². The molecular formula is C24H27F3N4O. The minimum Gasteiger partial charge on any atom is -0.383 e. The highest BCUT2D eigenvalue weighted by molar-refractivity contribution is 6.04. The van der Waals surface area contributed by atoms with Crippen LogP contribution in [0.1, 0.15) is 80.7 Å². The number of hydrogen-bond acceptors (Lipinski definition) is 4. The van der Waals surface area contributed by atoms with Gasteiger partial charge in [0.05, 0.1) is 11.9 Å². The molecule has 0 spiro atoms. The van der Waals surface area contributed by atoms with Gasteiger partial charge in [0.25, 0.3) is 5.91 Å². The number of pyridine rings is 2. The molecule has 32 heavy (non-hydrogen) atoms. The third kappa shape index (κ3) is 4.95. The Balaban J connectivity index is 1.41. The number of carbonyl (C=O) groups is 1. The summed E-state index contributed by atoms with van der Waals surface area (Å²) in [6.45, 7) is 1.96. The minimum atomic E-state index is -4.51. The van der Waals surface area contributed by atoms with E-state index in [-0.39, 0.29) is 17.6 Å². The number of allylic oxidation sites excluding steroid dienone is 1. The molecule has 3 N–H and O–H groups in total. The van der Waals surface area contributed by atoms with Gasteiger partial charge in [-0.1, -0.05) is 18.6 Å². The quantitative estimate of drug-likeness (QED) is 0.558. The minimum absolute atomic E-state index is 0.0360. The van der Waals surface area contributed by atoms with Gasteiger partial charge < -0.3 is 11.1 Å². The number of alkyl halides is 3. The Morgan fingerprint density at radius 1 is 1.09 bits per heavy atom. The van der Waals surface area contributed by atoms with Gasteiger partial charge in [-0.2, -0.15) is 13.2 Å². The average Bonchev–Trinajstić information content (AvgIpc) is 3.60. The molecule has 0 atom stereocenters. The van der Waals surface area contributed by atoms with E-state index in [9.17, 15) is 18.0 Å². The number of nitrogens with two attached hydrogens (primary N) is 1. The summed E-state index contributed by atoms with van der Waals surface area (Å²) in [5, 5.41) is 2.95. The van der Waals surface area contributed by atoms with E-state index in [0.717, 1.165) is 35.7 Å². The Kier molecular flexibility index (Phi) is 6.22. The van der Waals surface area contributed by atoms with E-state index in [1.54, 1.807) is 6.20 Å². The van der Waals surface area contributed by atoms with Crippen LogP contribution in [-0.2, 0) is 11.0 Å². The molecule has 0 saturated heterocycles. The first-order chi connectivity index (χ1) is 15.3. The normalized spacial score (nSPS) is 19.0. The zero-order valence-electron chi connectivity index (χ0n) is 18.0. The van der Waals surface area contributed by atoms with Crippen molar-refractivity contribution in [2.24, 2.45) is 0 Å². The molecule has 2 aliphatic rings. The van der Waals surface area contributed by atoms with Gasteiger partial charge in [-0.15, -0.1) is 0 Å². The molecule has 8 heteroatoms. The van der Waals surface area contributed by atoms with Crippen LogP contribution in [0.4, 0.5) is 24.7 Å². The van der Waals surface area contributed by atoms with Gasteiger partial charge in [0.1, 0.15) is 11.5 Å². The van der Waals surface area contributed by atoms with E-state index in [0.29, 0.717) is 36.4 Å². The van der Waals surface area contributed by atoms with E-state index < -0.39 is 11.9 Å². The van der Waals surface area contributed by atoms with Crippen LogP contribution < -0.4 is 11.1 Å². The first-order valence-corrected chi connectivity index (χ1v) is 11.1. The van der Waals surface area contributed by atoms with Gasteiger partial charge in [0, 0.05) is 17.2 Å². The lowest BCUT2D eigenvalue weighted by atomic mass is 9.79. The van der Waals surface area contributed by atoms with E-state index in [2.05, 4.69) is 15.3 Å². The molecular weight excluding hydrogens is 417 g/mol. The van der Waals surface area contributed by atoms with Gasteiger partial charge in [0.2, 0.25) is 0 Å². The summed E-state index contributed by atoms with van der Waals surface area (Å²) in [7, 11) is 0. The smallest absolute Gasteiger partial charge is 0.383 e. The Morgan fingerprint density at radius 3 is 2.34 bits per heavy atom. The van der Waals surface area contributed by atoms with Crippen molar-refractivity contribution in [3.63, 3.8) is 0 Å². The van der Waals surface area contributed by atoms with Crippen LogP contribution in [0.25, 0.3) is 0 Å². The second kappa shape index (κ2) is 8.92. The predicted molar refractivity (Wildman–Crippen MR) is 117 cm³/mol. The van der Waals surface area contributed by atoms with Crippen LogP contribution >= 0.6 is 0 Å². The van der Waals surface area contributed by atoms with Crippen molar-refractivity contribution in [2.45, 2.75) is 69.9 Å². The molecule has 0 aromatic carbocycles. The number of nitrogen functional groups attached to an aromatic ring is 1. The monoisotopic (exact) mass is 444 g/mol. The fourth-order valence-electron chi connectivity index (χ4n) is 4.45. The van der Waals surface area contributed by atoms with Gasteiger partial charge in [0.15, 0.2) is 0 Å². The van der Waals surface area contributed by atoms with E-state index in [1.807, 2.05) is 19.1 Å². The third-order valence-electron chi connectivity index (χ3n) is 6.37. The average molecular weight is 445 g/mol. The van der Waals surface area contributed by atoms with Crippen molar-refractivity contribution in [1.29, 1.82) is 0 Å². The van der Waals surface area contributed by atoms with Gasteiger partial charge in [-0.05, 0) is 74.6 Å². The van der Waals surface area contributed by atoms with Crippen LogP contribution in [0.5, 0.6) is 0 Å². The molecule has 0 bridgehead atoms. The highest BCUT2D eigenvalue weighted by Gasteiger charge is 2.33. The molecule has 2 saturated carbocycles. The van der Waals surface area contributed by atoms with Crippen LogP contribution in [0.15, 0.2) is 41.6 Å². The molecule has 4 rings (SSSR count). The van der Waals surface area contributed by atoms with Crippen molar-refractivity contribution in [3.05, 3.63) is 58.6 Å². The highest BCUT2D eigenvalue weighted by Crippen LogP contribution is 2.40. The second-order valence-electron chi connectivity index (χ2n) is 8.58. The largest absolute Gasteiger partial charge is 0.433 e. The zero-order chi connectivity index (χ0) is 22.9. The Labute approximate surface area is 185 Å². The molecule has 170 valence electrons. The molecule has 1 amide bonds. The van der Waals surface area contributed by atoms with Crippen LogP contribution in [0.3, 0.4) is 0 Å². The number of amides is 1. The molecule has 2 fully saturated rings. The fraction of sp³-hybridized carbons (Fsp3) is 0.458. The first-order valence-electron chi connectivity index (χ1n) is 11.1. The summed E-state index contributed by atoms with van der Waals surface area (Å²) in [5.74, 6) is 0.427. The second-order valence-corrected chi connectivity index (χ2v) is 8.58. The predicted octanol–water partition coefficient (Wildman–Crippen LogP) is 5.96. The maximum atomic E-state index is 12.9. The molecule has 0 aliphatic heterocycles. The van der Waals surface area contributed by atoms with Crippen LogP contribution in [-0.4, -0.2) is 15.9 Å². The van der Waals surface area contributed by atoms with Crippen molar-refractivity contribution in [3.8, 4) is 0 Å². The molecule has 2 aromatic heterocycles. The summed E-state index contributed by atoms with van der Waals surface area (Å²) >= 11 is 0. The molecule has 2 heterocycles. The summed E-state index contributed by atoms with van der Waals surface area (Å²) in [6, 6.07) is 6.30. The molecule has 2 aliphatic carbocycles. The summed E-state index contributed by atoms with van der Waals surface area (Å²) < 4.78 is 38.5. The van der Waals surface area contributed by atoms with E-state index in [4.69, 9.17) is 5.73 Å². The van der Waals surface area contributed by atoms with E-state index in [1.165, 1.54) is 18.9 Å². The number of rotatable bonds is 5. The Morgan fingerprint density at radius 2 is 1.81 bits per heavy atom. The maximum Gasteiger partial charge on any atom is 0.433 e. The van der Waals surface area contributed by atoms with Gasteiger partial charge >= 0.3 is 6.18 Å². The maximum absolute atomic E-state index is 12.9. The third-order valence-corrected chi connectivity index (χ3v) is 6.37. The number of aromatic nitrogens is 2. The number of halogens is 3. The SMILES string of the molecule is CCC(C(=O)Nc1ccc(C2CC2)nc1)=C1CCC(c2ccc(C(F)(F)F)nc2N)CC1. The van der Waals surface area contributed by atoms with Crippen molar-refractivity contribution < 1.29 is 18.0 Å². The standard InChI is InChI=1S/C24H27F3N4O/c1-2-18(23(32)30-17-9-11-20(29-13-17)16-7-8-16)14-3-5-15(6-4-14)19-10-12-21(24(25,26)27)31-22(19)28/h9-13,15-16H,2-8H2,1H3,(H2,28,31)(H,30,32). The van der Waals surface area contributed by atoms with E-state index >= 15 is 0 Å². The van der Waals surface area contributed by atoms with Crippen LogP contribution in [0.2, 0.25) is 0 Å². The molecule has 5 nitrogen and oxygen atoms in total. The van der Waals surface area contributed by atoms with Crippen molar-refractivity contribution >= 4 is 17.4 Å². The Hall–Kier alpha value is -2.90. The summed E-state index contributed by atoms with van der Waals surface area (Å²) in [4.78, 5) is 20.9. The first kappa shape index (κ1) is 22.3. The molecule has 0 radical (unpaired) electrons. The zero-order valence-corrected chi connectivity index (χ0v) is 18.0. The lowest BCUT2D eigenvalue weighted by molar-refractivity contribution is -0.141.